The van der Waals surface area contributed by atoms with E-state index in [4.69, 9.17) is 0 Å². The molecule has 0 amide bonds. The molecule has 4 saturated carbocycles. The Hall–Kier alpha value is -1.96. The second kappa shape index (κ2) is 14.6. The molecule has 0 aromatic heterocycles. The fourth-order valence-corrected chi connectivity index (χ4v) is 55.9. The van der Waals surface area contributed by atoms with Gasteiger partial charge in [-0.3, -0.25) is 0 Å². The van der Waals surface area contributed by atoms with Crippen molar-refractivity contribution in [1.29, 1.82) is 0 Å². The quantitative estimate of drug-likeness (QED) is 0.132. The number of aryl methyl sites for hydroxylation is 4. The maximum absolute atomic E-state index is 9.40. The van der Waals surface area contributed by atoms with Crippen molar-refractivity contribution in [2.24, 2.45) is 22.7 Å². The predicted octanol–water partition coefficient (Wildman–Crippen LogP) is 16.5. The standard InChI is InChI=1S/2C25H27.C4H11Si.2ClH.Zr/c2*1-17-10-18(2)12-22(11-17)23-5-3-4-21-13-20(14-24(21)23)16-25-8-6-19(15-25)7-9-25;1-3-4-5-2;;;/h2*3-5,10-14,19H,6-9,15-16H2,1-2H3;5H,3-4H2,1-2H3;2*1H;/q;;;;;+2/p-2. The van der Waals surface area contributed by atoms with E-state index in [2.05, 4.69) is 126 Å². The molecule has 4 fully saturated rings. The number of rotatable bonds is 11. The van der Waals surface area contributed by atoms with Crippen LogP contribution in [0.3, 0.4) is 0 Å². The van der Waals surface area contributed by atoms with Gasteiger partial charge in [-0.25, -0.2) is 0 Å². The van der Waals surface area contributed by atoms with E-state index >= 15 is 0 Å². The zero-order chi connectivity index (χ0) is 40.2. The second-order valence-electron chi connectivity index (χ2n) is 21.2. The average Bonchev–Trinajstić information content (AvgIpc) is 4.04. The van der Waals surface area contributed by atoms with Crippen LogP contribution in [0.1, 0.15) is 142 Å². The molecule has 58 heavy (non-hydrogen) atoms. The predicted molar refractivity (Wildman–Crippen MR) is 251 cm³/mol. The van der Waals surface area contributed by atoms with Crippen LogP contribution in [-0.4, -0.2) is 5.92 Å². The van der Waals surface area contributed by atoms with Gasteiger partial charge in [0, 0.05) is 0 Å². The Bertz CT molecular complexity index is 2170. The minimum absolute atomic E-state index is 0.148. The number of hydrogen-bond acceptors (Lipinski definition) is 0. The molecule has 0 radical (unpaired) electrons. The molecule has 3 unspecified atom stereocenters. The zero-order valence-electron chi connectivity index (χ0n) is 36.1. The molecular formula is C54H65Cl2SiZr. The molecule has 4 heteroatoms. The van der Waals surface area contributed by atoms with Gasteiger partial charge in [-0.15, -0.1) is 0 Å². The van der Waals surface area contributed by atoms with Crippen molar-refractivity contribution in [1.82, 2.24) is 0 Å². The van der Waals surface area contributed by atoms with E-state index in [1.807, 2.05) is 0 Å². The number of benzene rings is 4. The Kier molecular flexibility index (Phi) is 10.1. The summed E-state index contributed by atoms with van der Waals surface area (Å²) in [6.45, 7) is 14.0. The van der Waals surface area contributed by atoms with Crippen LogP contribution in [0.4, 0.5) is 0 Å². The van der Waals surface area contributed by atoms with Crippen molar-refractivity contribution < 1.29 is 15.6 Å². The molecule has 3 atom stereocenters. The molecule has 6 aliphatic carbocycles. The van der Waals surface area contributed by atoms with Crippen molar-refractivity contribution in [3.8, 4) is 22.3 Å². The monoisotopic (exact) mass is 901 g/mol. The van der Waals surface area contributed by atoms with E-state index in [0.717, 1.165) is 18.3 Å². The van der Waals surface area contributed by atoms with Crippen molar-refractivity contribution in [3.63, 3.8) is 0 Å². The number of halogens is 2. The molecule has 0 heterocycles. The topological polar surface area (TPSA) is 0 Å². The molecular weight excluding hydrogens is 839 g/mol. The summed E-state index contributed by atoms with van der Waals surface area (Å²) >= 11 is -5.12. The van der Waals surface area contributed by atoms with E-state index in [9.17, 15) is 17.0 Å². The molecule has 4 bridgehead atoms. The van der Waals surface area contributed by atoms with Crippen LogP contribution < -0.4 is 0 Å². The van der Waals surface area contributed by atoms with Crippen molar-refractivity contribution in [2.45, 2.75) is 138 Å². The summed E-state index contributed by atoms with van der Waals surface area (Å²) in [4.78, 5) is 0. The first-order valence-corrected chi connectivity index (χ1v) is 39.2. The molecule has 303 valence electrons. The van der Waals surface area contributed by atoms with Crippen LogP contribution in [0.25, 0.3) is 34.4 Å². The summed E-state index contributed by atoms with van der Waals surface area (Å²) in [6.07, 6.45) is 22.8. The van der Waals surface area contributed by atoms with Gasteiger partial charge in [-0.2, -0.15) is 0 Å². The molecule has 4 aromatic carbocycles. The molecule has 0 nitrogen and oxygen atoms in total. The van der Waals surface area contributed by atoms with E-state index in [1.54, 1.807) is 11.1 Å². The number of allylic oxidation sites excluding steroid dienone is 2. The SMILES string of the molecule is CCC[SiH](C)[Zr]([Cl])([Cl])([CH]1C(CC23CCC(CC2)C3)=Cc2c(-c3cc(C)cc(C)c3)cccc21)[CH]1C(CC23CCC(CC2)C3)=Cc2c(-c3cc(C)cc(C)c3)cccc21. The summed E-state index contributed by atoms with van der Waals surface area (Å²) < 4.78 is 0.295. The van der Waals surface area contributed by atoms with Crippen LogP contribution in [0, 0.1) is 50.4 Å². The minimum atomic E-state index is -5.12. The van der Waals surface area contributed by atoms with Crippen molar-refractivity contribution in [3.05, 3.63) is 128 Å². The van der Waals surface area contributed by atoms with Crippen LogP contribution in [0.5, 0.6) is 0 Å². The van der Waals surface area contributed by atoms with Gasteiger partial charge in [0.05, 0.1) is 0 Å². The third-order valence-electron chi connectivity index (χ3n) is 17.1. The fourth-order valence-electron chi connectivity index (χ4n) is 14.7. The van der Waals surface area contributed by atoms with Gasteiger partial charge >= 0.3 is 362 Å². The number of fused-ring (bicyclic) bond motifs is 6. The first kappa shape index (κ1) is 40.1. The number of hydrogen-bond donors (Lipinski definition) is 0. The van der Waals surface area contributed by atoms with Crippen LogP contribution in [-0.2, 0) is 15.6 Å². The second-order valence-corrected chi connectivity index (χ2v) is 62.6. The third kappa shape index (κ3) is 6.49. The molecule has 0 spiro atoms. The Balaban J connectivity index is 1.22. The summed E-state index contributed by atoms with van der Waals surface area (Å²) in [5, 5.41) is 0. The molecule has 6 aliphatic rings. The first-order valence-electron chi connectivity index (χ1n) is 23.2. The fraction of sp³-hybridized carbons (Fsp3) is 0.481. The summed E-state index contributed by atoms with van der Waals surface area (Å²) in [5.41, 5.74) is 20.6. The van der Waals surface area contributed by atoms with Gasteiger partial charge in [0.2, 0.25) is 0 Å². The summed E-state index contributed by atoms with van der Waals surface area (Å²) in [7, 11) is 18.8. The summed E-state index contributed by atoms with van der Waals surface area (Å²) in [5.74, 6) is 0.0903. The average molecular weight is 904 g/mol. The zero-order valence-corrected chi connectivity index (χ0v) is 41.2. The normalized spacial score (nSPS) is 29.3. The maximum atomic E-state index is 9.40. The molecule has 0 saturated heterocycles. The Morgan fingerprint density at radius 3 is 1.34 bits per heavy atom. The molecule has 10 rings (SSSR count). The molecule has 4 aromatic rings. The Labute approximate surface area is 359 Å². The van der Waals surface area contributed by atoms with Crippen molar-refractivity contribution >= 4 is 35.1 Å². The Morgan fingerprint density at radius 1 is 0.603 bits per heavy atom. The summed E-state index contributed by atoms with van der Waals surface area (Å²) in [6, 6.07) is 29.9. The van der Waals surface area contributed by atoms with Gasteiger partial charge < -0.3 is 0 Å². The van der Waals surface area contributed by atoms with Crippen LogP contribution in [0.15, 0.2) is 83.9 Å². The molecule has 0 N–H and O–H groups in total. The van der Waals surface area contributed by atoms with E-state index in [0.29, 0.717) is 10.8 Å². The first-order chi connectivity index (χ1) is 27.8. The van der Waals surface area contributed by atoms with Gasteiger partial charge in [-0.1, -0.05) is 0 Å². The third-order valence-corrected chi connectivity index (χ3v) is 67.5. The van der Waals surface area contributed by atoms with Crippen LogP contribution in [0.2, 0.25) is 12.6 Å². The van der Waals surface area contributed by atoms with E-state index in [-0.39, 0.29) is 7.25 Å². The van der Waals surface area contributed by atoms with Gasteiger partial charge in [0.25, 0.3) is 0 Å². The molecule has 0 aliphatic heterocycles. The Morgan fingerprint density at radius 2 is 1.00 bits per heavy atom. The van der Waals surface area contributed by atoms with Crippen LogP contribution >= 0.6 is 17.0 Å². The van der Waals surface area contributed by atoms with Gasteiger partial charge in [0.1, 0.15) is 0 Å². The van der Waals surface area contributed by atoms with E-state index < -0.39 is 21.5 Å². The van der Waals surface area contributed by atoms with Crippen molar-refractivity contribution in [2.75, 3.05) is 0 Å². The van der Waals surface area contributed by atoms with Gasteiger partial charge in [-0.05, 0) is 0 Å². The van der Waals surface area contributed by atoms with E-state index in [1.165, 1.54) is 150 Å². The van der Waals surface area contributed by atoms with Gasteiger partial charge in [0.15, 0.2) is 0 Å².